The summed E-state index contributed by atoms with van der Waals surface area (Å²) in [6.45, 7) is 1.54. The predicted octanol–water partition coefficient (Wildman–Crippen LogP) is 1.27. The van der Waals surface area contributed by atoms with Crippen LogP contribution in [0.4, 0.5) is 10.5 Å². The first-order valence-electron chi connectivity index (χ1n) is 7.73. The summed E-state index contributed by atoms with van der Waals surface area (Å²) >= 11 is 0.976. The van der Waals surface area contributed by atoms with Gasteiger partial charge in [0.1, 0.15) is 4.21 Å². The number of nitrogens with one attached hydrogen (secondary N) is 3. The van der Waals surface area contributed by atoms with E-state index in [0.29, 0.717) is 10.6 Å². The standard InChI is InChI=1S/C14H22N4O4S2/c1-9-11(7-13(23-9)24(15,21)22)18-14(20)16-8-12(19)17-10-5-3-2-4-6-10/h7,10H,2-6,8H2,1H3,(H,17,19)(H2,15,21,22)(H2,16,18,20). The number of sulfonamides is 1. The second kappa shape index (κ2) is 7.95. The summed E-state index contributed by atoms with van der Waals surface area (Å²) in [7, 11) is -3.80. The zero-order valence-electron chi connectivity index (χ0n) is 13.4. The molecule has 2 rings (SSSR count). The van der Waals surface area contributed by atoms with Gasteiger partial charge in [-0.25, -0.2) is 18.4 Å². The minimum Gasteiger partial charge on any atom is -0.352 e. The van der Waals surface area contributed by atoms with E-state index in [9.17, 15) is 18.0 Å². The van der Waals surface area contributed by atoms with Crippen LogP contribution in [0.15, 0.2) is 10.3 Å². The van der Waals surface area contributed by atoms with Crippen molar-refractivity contribution >= 4 is 39.0 Å². The van der Waals surface area contributed by atoms with Crippen molar-refractivity contribution in [1.82, 2.24) is 10.6 Å². The largest absolute Gasteiger partial charge is 0.352 e. The number of rotatable bonds is 5. The fourth-order valence-corrected chi connectivity index (χ4v) is 4.39. The van der Waals surface area contributed by atoms with Crippen LogP contribution in [0.1, 0.15) is 37.0 Å². The fraction of sp³-hybridized carbons (Fsp3) is 0.571. The molecule has 0 spiro atoms. The van der Waals surface area contributed by atoms with Crippen molar-refractivity contribution in [2.24, 2.45) is 5.14 Å². The third-order valence-electron chi connectivity index (χ3n) is 3.80. The third kappa shape index (κ3) is 5.46. The van der Waals surface area contributed by atoms with Crippen LogP contribution in [0.5, 0.6) is 0 Å². The van der Waals surface area contributed by atoms with Crippen molar-refractivity contribution in [2.45, 2.75) is 49.3 Å². The fourth-order valence-electron chi connectivity index (χ4n) is 2.57. The van der Waals surface area contributed by atoms with Gasteiger partial charge in [0.2, 0.25) is 15.9 Å². The summed E-state index contributed by atoms with van der Waals surface area (Å²) in [6.07, 6.45) is 5.38. The summed E-state index contributed by atoms with van der Waals surface area (Å²) in [6, 6.07) is 0.917. The second-order valence-corrected chi connectivity index (χ2v) is 8.84. The third-order valence-corrected chi connectivity index (χ3v) is 6.27. The Morgan fingerprint density at radius 3 is 2.54 bits per heavy atom. The molecule has 3 amide bonds. The van der Waals surface area contributed by atoms with Crippen molar-refractivity contribution in [2.75, 3.05) is 11.9 Å². The van der Waals surface area contributed by atoms with Crippen LogP contribution in [-0.2, 0) is 14.8 Å². The molecule has 1 saturated carbocycles. The molecular weight excluding hydrogens is 352 g/mol. The first-order chi connectivity index (χ1) is 11.3. The SMILES string of the molecule is Cc1sc(S(N)(=O)=O)cc1NC(=O)NCC(=O)NC1CCCCC1. The average Bonchev–Trinajstić information content (AvgIpc) is 2.87. The van der Waals surface area contributed by atoms with Crippen molar-refractivity contribution in [3.63, 3.8) is 0 Å². The molecule has 0 bridgehead atoms. The number of primary sulfonamides is 1. The maximum Gasteiger partial charge on any atom is 0.319 e. The van der Waals surface area contributed by atoms with Crippen LogP contribution in [0.3, 0.4) is 0 Å². The van der Waals surface area contributed by atoms with Crippen molar-refractivity contribution in [3.05, 3.63) is 10.9 Å². The number of hydrogen-bond acceptors (Lipinski definition) is 5. The average molecular weight is 374 g/mol. The molecule has 1 heterocycles. The van der Waals surface area contributed by atoms with Crippen LogP contribution in [0.2, 0.25) is 0 Å². The zero-order chi connectivity index (χ0) is 17.7. The lowest BCUT2D eigenvalue weighted by Crippen LogP contribution is -2.43. The van der Waals surface area contributed by atoms with Gasteiger partial charge in [0.15, 0.2) is 0 Å². The smallest absolute Gasteiger partial charge is 0.319 e. The topological polar surface area (TPSA) is 130 Å². The Kier molecular flexibility index (Phi) is 6.19. The summed E-state index contributed by atoms with van der Waals surface area (Å²) in [5, 5.41) is 12.9. The zero-order valence-corrected chi connectivity index (χ0v) is 15.1. The van der Waals surface area contributed by atoms with E-state index in [-0.39, 0.29) is 22.7 Å². The van der Waals surface area contributed by atoms with E-state index in [1.54, 1.807) is 6.92 Å². The van der Waals surface area contributed by atoms with Gasteiger partial charge in [-0.1, -0.05) is 19.3 Å². The molecule has 0 unspecified atom stereocenters. The number of amides is 3. The Balaban J connectivity index is 1.81. The lowest BCUT2D eigenvalue weighted by atomic mass is 9.95. The molecule has 0 radical (unpaired) electrons. The molecule has 1 fully saturated rings. The van der Waals surface area contributed by atoms with Gasteiger partial charge in [0, 0.05) is 10.9 Å². The first kappa shape index (κ1) is 18.7. The van der Waals surface area contributed by atoms with E-state index in [1.807, 2.05) is 0 Å². The lowest BCUT2D eigenvalue weighted by molar-refractivity contribution is -0.121. The molecule has 0 atom stereocenters. The molecule has 1 aromatic rings. The second-order valence-electron chi connectivity index (χ2n) is 5.79. The molecule has 5 N–H and O–H groups in total. The van der Waals surface area contributed by atoms with Crippen LogP contribution < -0.4 is 21.1 Å². The highest BCUT2D eigenvalue weighted by atomic mass is 32.2. The maximum absolute atomic E-state index is 11.8. The van der Waals surface area contributed by atoms with E-state index in [1.165, 1.54) is 12.5 Å². The van der Waals surface area contributed by atoms with E-state index in [2.05, 4.69) is 16.0 Å². The molecule has 1 aliphatic rings. The summed E-state index contributed by atoms with van der Waals surface area (Å²) < 4.78 is 22.6. The summed E-state index contributed by atoms with van der Waals surface area (Å²) in [5.74, 6) is -0.232. The number of urea groups is 1. The number of anilines is 1. The Bertz CT molecular complexity index is 708. The summed E-state index contributed by atoms with van der Waals surface area (Å²) in [5.41, 5.74) is 0.356. The monoisotopic (exact) mass is 374 g/mol. The number of nitrogens with two attached hydrogens (primary N) is 1. The Hall–Kier alpha value is -1.65. The molecular formula is C14H22N4O4S2. The Morgan fingerprint density at radius 1 is 1.29 bits per heavy atom. The Morgan fingerprint density at radius 2 is 1.96 bits per heavy atom. The molecule has 1 aromatic heterocycles. The van der Waals surface area contributed by atoms with E-state index >= 15 is 0 Å². The van der Waals surface area contributed by atoms with Crippen LogP contribution in [0, 0.1) is 6.92 Å². The maximum atomic E-state index is 11.8. The van der Waals surface area contributed by atoms with Crippen LogP contribution in [-0.4, -0.2) is 32.9 Å². The number of hydrogen-bond donors (Lipinski definition) is 4. The van der Waals surface area contributed by atoms with E-state index in [0.717, 1.165) is 37.0 Å². The molecule has 0 saturated heterocycles. The highest BCUT2D eigenvalue weighted by Gasteiger charge is 2.18. The summed E-state index contributed by atoms with van der Waals surface area (Å²) in [4.78, 5) is 24.3. The number of carbonyl (C=O) groups excluding carboxylic acids is 2. The molecule has 10 heteroatoms. The van der Waals surface area contributed by atoms with Gasteiger partial charge in [-0.05, 0) is 25.8 Å². The molecule has 24 heavy (non-hydrogen) atoms. The van der Waals surface area contributed by atoms with Gasteiger partial charge >= 0.3 is 6.03 Å². The van der Waals surface area contributed by atoms with Crippen molar-refractivity contribution in [1.29, 1.82) is 0 Å². The van der Waals surface area contributed by atoms with E-state index < -0.39 is 16.1 Å². The molecule has 0 aliphatic heterocycles. The molecule has 1 aliphatic carbocycles. The van der Waals surface area contributed by atoms with Crippen LogP contribution in [0.25, 0.3) is 0 Å². The first-order valence-corrected chi connectivity index (χ1v) is 10.1. The van der Waals surface area contributed by atoms with Gasteiger partial charge in [0.25, 0.3) is 0 Å². The Labute approximate surface area is 145 Å². The van der Waals surface area contributed by atoms with Gasteiger partial charge in [0.05, 0.1) is 12.2 Å². The predicted molar refractivity (Wildman–Crippen MR) is 92.5 cm³/mol. The van der Waals surface area contributed by atoms with Crippen molar-refractivity contribution < 1.29 is 18.0 Å². The number of thiophene rings is 1. The minimum atomic E-state index is -3.80. The van der Waals surface area contributed by atoms with Gasteiger partial charge < -0.3 is 16.0 Å². The number of aryl methyl sites for hydroxylation is 1. The molecule has 0 aromatic carbocycles. The van der Waals surface area contributed by atoms with Crippen molar-refractivity contribution in [3.8, 4) is 0 Å². The quantitative estimate of drug-likeness (QED) is 0.618. The normalized spacial score (nSPS) is 15.8. The van der Waals surface area contributed by atoms with Gasteiger partial charge in [-0.15, -0.1) is 11.3 Å². The number of carbonyl (C=O) groups is 2. The van der Waals surface area contributed by atoms with Gasteiger partial charge in [-0.3, -0.25) is 4.79 Å². The lowest BCUT2D eigenvalue weighted by Gasteiger charge is -2.22. The highest BCUT2D eigenvalue weighted by molar-refractivity contribution is 7.91. The van der Waals surface area contributed by atoms with Gasteiger partial charge in [-0.2, -0.15) is 0 Å². The molecule has 134 valence electrons. The van der Waals surface area contributed by atoms with E-state index in [4.69, 9.17) is 5.14 Å². The highest BCUT2D eigenvalue weighted by Crippen LogP contribution is 2.28. The van der Waals surface area contributed by atoms with Crippen LogP contribution >= 0.6 is 11.3 Å². The minimum absolute atomic E-state index is 0.0228. The molecule has 8 nitrogen and oxygen atoms in total.